The van der Waals surface area contributed by atoms with Gasteiger partial charge in [-0.2, -0.15) is 5.10 Å². The lowest BCUT2D eigenvalue weighted by Gasteiger charge is -2.33. The molecule has 0 aliphatic carbocycles. The van der Waals surface area contributed by atoms with Crippen molar-refractivity contribution in [2.45, 2.75) is 51.7 Å². The molecule has 3 aromatic heterocycles. The molecule has 0 radical (unpaired) electrons. The van der Waals surface area contributed by atoms with Crippen LogP contribution in [0.3, 0.4) is 0 Å². The van der Waals surface area contributed by atoms with Crippen molar-refractivity contribution < 1.29 is 23.5 Å². The zero-order chi connectivity index (χ0) is 34.0. The minimum atomic E-state index is -0.518. The number of nitrogens with zero attached hydrogens (tertiary/aromatic N) is 4. The van der Waals surface area contributed by atoms with Crippen molar-refractivity contribution in [2.24, 2.45) is 0 Å². The van der Waals surface area contributed by atoms with Gasteiger partial charge in [-0.15, -0.1) is 0 Å². The first-order valence-corrected chi connectivity index (χ1v) is 15.8. The van der Waals surface area contributed by atoms with E-state index in [0.29, 0.717) is 41.7 Å². The predicted molar refractivity (Wildman–Crippen MR) is 181 cm³/mol. The maximum absolute atomic E-state index is 13.7. The molecule has 11 nitrogen and oxygen atoms in total. The predicted octanol–water partition coefficient (Wildman–Crippen LogP) is 6.46. The van der Waals surface area contributed by atoms with Gasteiger partial charge < -0.3 is 25.4 Å². The van der Waals surface area contributed by atoms with Gasteiger partial charge in [0.05, 0.1) is 35.0 Å². The summed E-state index contributed by atoms with van der Waals surface area (Å²) in [5.74, 6) is -0.0394. The third-order valence-electron chi connectivity index (χ3n) is 8.39. The average Bonchev–Trinajstić information content (AvgIpc) is 3.48. The first-order valence-electron chi connectivity index (χ1n) is 15.8. The number of aromatic nitrogens is 4. The van der Waals surface area contributed by atoms with Gasteiger partial charge in [-0.1, -0.05) is 30.3 Å². The van der Waals surface area contributed by atoms with Crippen LogP contribution in [-0.4, -0.2) is 62.9 Å². The molecule has 4 N–H and O–H groups in total. The van der Waals surface area contributed by atoms with Crippen LogP contribution >= 0.6 is 0 Å². The normalized spacial score (nSPS) is 13.8. The molecule has 5 aromatic rings. The molecule has 0 unspecified atom stereocenters. The van der Waals surface area contributed by atoms with E-state index >= 15 is 0 Å². The average molecular weight is 652 g/mol. The number of hydrogen-bond donors (Lipinski definition) is 3. The summed E-state index contributed by atoms with van der Waals surface area (Å²) in [5, 5.41) is 10.8. The molecule has 248 valence electrons. The maximum atomic E-state index is 13.7. The van der Waals surface area contributed by atoms with E-state index in [9.17, 15) is 14.0 Å². The molecular formula is C36H38FN7O4. The van der Waals surface area contributed by atoms with Crippen LogP contribution in [0.2, 0.25) is 0 Å². The smallest absolute Gasteiger partial charge is 0.410 e. The monoisotopic (exact) mass is 651 g/mol. The molecule has 6 rings (SSSR count). The van der Waals surface area contributed by atoms with Gasteiger partial charge in [0.25, 0.3) is 5.91 Å². The Hall–Kier alpha value is -5.52. The minimum absolute atomic E-state index is 0.126. The van der Waals surface area contributed by atoms with Crippen LogP contribution in [0, 0.1) is 5.82 Å². The summed E-state index contributed by atoms with van der Waals surface area (Å²) in [4.78, 5) is 36.5. The number of pyridine rings is 2. The lowest BCUT2D eigenvalue weighted by Crippen LogP contribution is -2.41. The van der Waals surface area contributed by atoms with Gasteiger partial charge in [-0.3, -0.25) is 19.9 Å². The maximum Gasteiger partial charge on any atom is 0.410 e. The zero-order valence-electron chi connectivity index (χ0n) is 27.3. The van der Waals surface area contributed by atoms with E-state index in [1.165, 1.54) is 19.2 Å². The number of nitrogen functional groups attached to an aromatic ring is 1. The number of methoxy groups -OCH3 is 1. The Balaban J connectivity index is 1.14. The highest BCUT2D eigenvalue weighted by Crippen LogP contribution is 2.36. The number of carbonyl (C=O) groups is 2. The molecule has 48 heavy (non-hydrogen) atoms. The number of nitrogens with two attached hydrogens (primary N) is 1. The van der Waals surface area contributed by atoms with Crippen molar-refractivity contribution in [3.05, 3.63) is 89.5 Å². The number of benzene rings is 2. The highest BCUT2D eigenvalue weighted by atomic mass is 19.1. The fourth-order valence-electron chi connectivity index (χ4n) is 5.91. The number of rotatable bonds is 7. The first kappa shape index (κ1) is 32.4. The summed E-state index contributed by atoms with van der Waals surface area (Å²) in [7, 11) is 1.43. The summed E-state index contributed by atoms with van der Waals surface area (Å²) in [5.41, 5.74) is 11.6. The van der Waals surface area contributed by atoms with E-state index in [0.717, 1.165) is 52.4 Å². The third kappa shape index (κ3) is 6.92. The van der Waals surface area contributed by atoms with Crippen molar-refractivity contribution in [1.82, 2.24) is 30.4 Å². The number of nitrogens with one attached hydrogen (secondary N) is 2. The number of H-pyrrole nitrogens is 1. The third-order valence-corrected chi connectivity index (χ3v) is 8.39. The van der Waals surface area contributed by atoms with Gasteiger partial charge in [0.1, 0.15) is 17.2 Å². The van der Waals surface area contributed by atoms with Crippen molar-refractivity contribution in [2.75, 3.05) is 25.9 Å². The van der Waals surface area contributed by atoms with E-state index < -0.39 is 17.3 Å². The molecule has 0 spiro atoms. The number of hydrogen-bond acceptors (Lipinski definition) is 8. The summed E-state index contributed by atoms with van der Waals surface area (Å²) >= 11 is 0. The number of anilines is 1. The highest BCUT2D eigenvalue weighted by molar-refractivity contribution is 6.05. The second kappa shape index (κ2) is 13.3. The van der Waals surface area contributed by atoms with E-state index in [-0.39, 0.29) is 18.2 Å². The Kier molecular flexibility index (Phi) is 8.99. The molecule has 0 saturated carbocycles. The van der Waals surface area contributed by atoms with E-state index in [2.05, 4.69) is 21.6 Å². The van der Waals surface area contributed by atoms with Gasteiger partial charge in [-0.05, 0) is 74.9 Å². The second-order valence-corrected chi connectivity index (χ2v) is 12.8. The Morgan fingerprint density at radius 3 is 2.46 bits per heavy atom. The van der Waals surface area contributed by atoms with Crippen LogP contribution in [0.5, 0.6) is 5.75 Å². The molecule has 1 aliphatic heterocycles. The Bertz CT molecular complexity index is 1940. The highest BCUT2D eigenvalue weighted by Gasteiger charge is 2.28. The van der Waals surface area contributed by atoms with Crippen LogP contribution in [0.4, 0.5) is 15.0 Å². The van der Waals surface area contributed by atoms with Crippen LogP contribution < -0.4 is 15.8 Å². The van der Waals surface area contributed by atoms with Crippen LogP contribution in [0.25, 0.3) is 33.4 Å². The van der Waals surface area contributed by atoms with Crippen LogP contribution in [-0.2, 0) is 11.3 Å². The molecule has 1 aliphatic rings. The molecule has 0 bridgehead atoms. The number of carbonyl (C=O) groups excluding carboxylic acids is 2. The van der Waals surface area contributed by atoms with E-state index in [1.807, 2.05) is 57.3 Å². The van der Waals surface area contributed by atoms with Crippen molar-refractivity contribution in [1.29, 1.82) is 0 Å². The largest absolute Gasteiger partial charge is 0.496 e. The molecule has 12 heteroatoms. The van der Waals surface area contributed by atoms with Gasteiger partial charge in [-0.25, -0.2) is 9.18 Å². The van der Waals surface area contributed by atoms with Gasteiger partial charge in [0.2, 0.25) is 0 Å². The van der Waals surface area contributed by atoms with Gasteiger partial charge in [0, 0.05) is 43.2 Å². The summed E-state index contributed by atoms with van der Waals surface area (Å²) in [6.45, 7) is 7.14. The number of aromatic amines is 1. The van der Waals surface area contributed by atoms with Gasteiger partial charge >= 0.3 is 6.09 Å². The topological polar surface area (TPSA) is 148 Å². The molecular weight excluding hydrogens is 613 g/mol. The van der Waals surface area contributed by atoms with Crippen molar-refractivity contribution in [3.63, 3.8) is 0 Å². The second-order valence-electron chi connectivity index (χ2n) is 12.8. The quantitative estimate of drug-likeness (QED) is 0.182. The summed E-state index contributed by atoms with van der Waals surface area (Å²) < 4.78 is 24.5. The molecule has 2 amide bonds. The minimum Gasteiger partial charge on any atom is -0.496 e. The van der Waals surface area contributed by atoms with Crippen molar-refractivity contribution >= 4 is 28.7 Å². The Morgan fingerprint density at radius 2 is 1.79 bits per heavy atom. The zero-order valence-corrected chi connectivity index (χ0v) is 27.3. The summed E-state index contributed by atoms with van der Waals surface area (Å²) in [6, 6.07) is 15.4. The number of piperidine rings is 1. The Morgan fingerprint density at radius 1 is 1.04 bits per heavy atom. The summed E-state index contributed by atoms with van der Waals surface area (Å²) in [6.07, 6.45) is 5.06. The fourth-order valence-corrected chi connectivity index (χ4v) is 5.91. The Labute approximate surface area is 277 Å². The molecule has 4 heterocycles. The van der Waals surface area contributed by atoms with Crippen LogP contribution in [0.15, 0.2) is 67.0 Å². The van der Waals surface area contributed by atoms with Crippen molar-refractivity contribution in [3.8, 4) is 28.3 Å². The number of halogens is 1. The molecule has 0 atom stereocenters. The number of ether oxygens (including phenoxy) is 2. The van der Waals surface area contributed by atoms with Crippen LogP contribution in [0.1, 0.15) is 61.0 Å². The molecule has 2 aromatic carbocycles. The standard InChI is InChI=1S/C36H38FN7O4/c1-36(2,3)48-35(46)44-15-13-22(14-16-44)24-9-11-28(39-19-24)27-20-40-31(30-32(27)42-43-33(30)38)23-7-5-21(6-8-23)18-41-34(45)26-17-25(37)10-12-29(26)47-4/h5-12,17,19-20,22H,13-16,18H2,1-4H3,(H,41,45)(H3,38,42,43). The lowest BCUT2D eigenvalue weighted by atomic mass is 9.90. The lowest BCUT2D eigenvalue weighted by molar-refractivity contribution is 0.0204. The molecule has 1 saturated heterocycles. The molecule has 1 fully saturated rings. The number of fused-ring (bicyclic) bond motifs is 1. The van der Waals surface area contributed by atoms with E-state index in [4.69, 9.17) is 25.2 Å². The SMILES string of the molecule is COc1ccc(F)cc1C(=O)NCc1ccc(-c2ncc(-c3ccc(C4CCN(C(=O)OC(C)(C)C)CC4)cn3)c3[nH]nc(N)c23)cc1. The fraction of sp³-hybridized carbons (Fsp3) is 0.306. The number of amides is 2. The van der Waals surface area contributed by atoms with E-state index in [1.54, 1.807) is 11.1 Å². The number of likely N-dealkylation sites (tertiary alicyclic amines) is 1. The first-order chi connectivity index (χ1) is 23.0. The van der Waals surface area contributed by atoms with Gasteiger partial charge in [0.15, 0.2) is 5.82 Å².